The van der Waals surface area contributed by atoms with Gasteiger partial charge in [-0.3, -0.25) is 9.10 Å². The summed E-state index contributed by atoms with van der Waals surface area (Å²) in [5.74, 6) is -1.43. The molecule has 0 saturated heterocycles. The van der Waals surface area contributed by atoms with Crippen LogP contribution in [-0.2, 0) is 14.8 Å². The van der Waals surface area contributed by atoms with Crippen molar-refractivity contribution < 1.29 is 27.4 Å². The molecule has 0 aliphatic carbocycles. The van der Waals surface area contributed by atoms with E-state index in [4.69, 9.17) is 4.74 Å². The highest BCUT2D eigenvalue weighted by molar-refractivity contribution is 9.10. The maximum atomic E-state index is 13.9. The average Bonchev–Trinajstić information content (AvgIpc) is 2.62. The van der Waals surface area contributed by atoms with Gasteiger partial charge in [0.25, 0.3) is 5.91 Å². The monoisotopic (exact) mass is 473 g/mol. The number of para-hydroxylation sites is 1. The van der Waals surface area contributed by atoms with E-state index in [1.54, 1.807) is 0 Å². The Morgan fingerprint density at radius 3 is 2.68 bits per heavy atom. The number of rotatable bonds is 7. The van der Waals surface area contributed by atoms with Crippen LogP contribution in [0.15, 0.2) is 46.0 Å². The SMILES string of the molecule is COc1cc(/C=N\NC(=O)CN(c2ccccc2F)S(C)(=O)=O)cc(Br)c1O. The molecule has 0 aliphatic heterocycles. The van der Waals surface area contributed by atoms with Gasteiger partial charge in [0.1, 0.15) is 12.4 Å². The molecule has 28 heavy (non-hydrogen) atoms. The van der Waals surface area contributed by atoms with Gasteiger partial charge in [0.15, 0.2) is 11.5 Å². The van der Waals surface area contributed by atoms with Crippen molar-refractivity contribution in [2.45, 2.75) is 0 Å². The number of aromatic hydroxyl groups is 1. The minimum absolute atomic E-state index is 0.0858. The van der Waals surface area contributed by atoms with Gasteiger partial charge >= 0.3 is 0 Å². The molecule has 2 aromatic carbocycles. The van der Waals surface area contributed by atoms with E-state index >= 15 is 0 Å². The number of amides is 1. The second-order valence-electron chi connectivity index (χ2n) is 5.57. The summed E-state index contributed by atoms with van der Waals surface area (Å²) in [6.07, 6.45) is 2.15. The van der Waals surface area contributed by atoms with E-state index in [0.717, 1.165) is 12.3 Å². The molecule has 0 unspecified atom stereocenters. The zero-order valence-electron chi connectivity index (χ0n) is 14.9. The molecule has 2 rings (SSSR count). The minimum Gasteiger partial charge on any atom is -0.503 e. The Balaban J connectivity index is 2.13. The number of phenolic OH excluding ortho intramolecular Hbond substituents is 1. The van der Waals surface area contributed by atoms with Crippen LogP contribution in [0.25, 0.3) is 0 Å². The second kappa shape index (κ2) is 9.02. The summed E-state index contributed by atoms with van der Waals surface area (Å²) >= 11 is 3.16. The lowest BCUT2D eigenvalue weighted by atomic mass is 10.2. The van der Waals surface area contributed by atoms with Crippen LogP contribution in [0.3, 0.4) is 0 Å². The highest BCUT2D eigenvalue weighted by Gasteiger charge is 2.23. The molecule has 0 radical (unpaired) electrons. The number of anilines is 1. The topological polar surface area (TPSA) is 108 Å². The van der Waals surface area contributed by atoms with E-state index in [0.29, 0.717) is 14.3 Å². The zero-order chi connectivity index (χ0) is 20.9. The Morgan fingerprint density at radius 2 is 2.07 bits per heavy atom. The predicted molar refractivity (Wildman–Crippen MR) is 107 cm³/mol. The van der Waals surface area contributed by atoms with Crippen molar-refractivity contribution in [1.29, 1.82) is 0 Å². The summed E-state index contributed by atoms with van der Waals surface area (Å²) in [7, 11) is -2.52. The van der Waals surface area contributed by atoms with Crippen molar-refractivity contribution in [3.8, 4) is 11.5 Å². The van der Waals surface area contributed by atoms with Gasteiger partial charge in [0.2, 0.25) is 10.0 Å². The van der Waals surface area contributed by atoms with Crippen LogP contribution >= 0.6 is 15.9 Å². The third-order valence-corrected chi connectivity index (χ3v) is 5.21. The van der Waals surface area contributed by atoms with Gasteiger partial charge in [-0.15, -0.1) is 0 Å². The standard InChI is InChI=1S/C17H17BrFN3O5S/c1-27-15-8-11(7-12(18)17(15)24)9-20-21-16(23)10-22(28(2,25)26)14-6-4-3-5-13(14)19/h3-9,24H,10H2,1-2H3,(H,21,23)/b20-9-. The fraction of sp³-hybridized carbons (Fsp3) is 0.176. The maximum absolute atomic E-state index is 13.9. The number of sulfonamides is 1. The molecule has 11 heteroatoms. The Hall–Kier alpha value is -2.66. The van der Waals surface area contributed by atoms with Gasteiger partial charge in [0, 0.05) is 0 Å². The van der Waals surface area contributed by atoms with Crippen molar-refractivity contribution in [3.63, 3.8) is 0 Å². The normalized spacial score (nSPS) is 11.4. The number of nitrogens with one attached hydrogen (secondary N) is 1. The van der Waals surface area contributed by atoms with Crippen molar-refractivity contribution in [2.24, 2.45) is 5.10 Å². The van der Waals surface area contributed by atoms with Crippen molar-refractivity contribution >= 4 is 43.8 Å². The number of benzene rings is 2. The number of ether oxygens (including phenoxy) is 1. The van der Waals surface area contributed by atoms with Gasteiger partial charge < -0.3 is 9.84 Å². The molecule has 0 fully saturated rings. The molecule has 0 aromatic heterocycles. The number of carbonyl (C=O) groups is 1. The summed E-state index contributed by atoms with van der Waals surface area (Å²) in [6.45, 7) is -0.653. The van der Waals surface area contributed by atoms with Crippen LogP contribution in [0.5, 0.6) is 11.5 Å². The number of nitrogens with zero attached hydrogens (tertiary/aromatic N) is 2. The first-order valence-electron chi connectivity index (χ1n) is 7.74. The fourth-order valence-electron chi connectivity index (χ4n) is 2.20. The van der Waals surface area contributed by atoms with Crippen molar-refractivity contribution in [2.75, 3.05) is 24.2 Å². The van der Waals surface area contributed by atoms with E-state index in [-0.39, 0.29) is 17.2 Å². The summed E-state index contributed by atoms with van der Waals surface area (Å²) in [5.41, 5.74) is 2.43. The first-order valence-corrected chi connectivity index (χ1v) is 10.4. The van der Waals surface area contributed by atoms with Crippen LogP contribution < -0.4 is 14.5 Å². The van der Waals surface area contributed by atoms with E-state index in [9.17, 15) is 22.7 Å². The van der Waals surface area contributed by atoms with Gasteiger partial charge in [0.05, 0.1) is 29.7 Å². The number of halogens is 2. The highest BCUT2D eigenvalue weighted by atomic mass is 79.9. The lowest BCUT2D eigenvalue weighted by Gasteiger charge is -2.21. The quantitative estimate of drug-likeness (QED) is 0.473. The van der Waals surface area contributed by atoms with Gasteiger partial charge in [-0.2, -0.15) is 5.10 Å². The number of hydrazone groups is 1. The highest BCUT2D eigenvalue weighted by Crippen LogP contribution is 2.34. The Morgan fingerprint density at radius 1 is 1.39 bits per heavy atom. The molecule has 0 saturated carbocycles. The first-order chi connectivity index (χ1) is 13.1. The molecule has 8 nitrogen and oxygen atoms in total. The largest absolute Gasteiger partial charge is 0.503 e. The molecule has 2 aromatic rings. The van der Waals surface area contributed by atoms with Gasteiger partial charge in [-0.25, -0.2) is 18.2 Å². The van der Waals surface area contributed by atoms with E-state index in [1.165, 1.54) is 43.7 Å². The van der Waals surface area contributed by atoms with E-state index in [2.05, 4.69) is 26.5 Å². The predicted octanol–water partition coefficient (Wildman–Crippen LogP) is 2.22. The number of phenols is 1. The molecule has 0 aliphatic rings. The Labute approximate surface area is 169 Å². The van der Waals surface area contributed by atoms with E-state index in [1.807, 2.05) is 0 Å². The third kappa shape index (κ3) is 5.42. The molecule has 2 N–H and O–H groups in total. The third-order valence-electron chi connectivity index (χ3n) is 3.48. The number of carbonyl (C=O) groups excluding carboxylic acids is 1. The number of hydrogen-bond acceptors (Lipinski definition) is 6. The molecule has 1 amide bonds. The molecular formula is C17H17BrFN3O5S. The molecule has 0 heterocycles. The average molecular weight is 474 g/mol. The van der Waals surface area contributed by atoms with Crippen LogP contribution in [-0.4, -0.2) is 45.6 Å². The molecular weight excluding hydrogens is 457 g/mol. The molecule has 0 bridgehead atoms. The molecule has 0 atom stereocenters. The van der Waals surface area contributed by atoms with Crippen LogP contribution in [0.1, 0.15) is 5.56 Å². The van der Waals surface area contributed by atoms with Crippen LogP contribution in [0.2, 0.25) is 0 Å². The van der Waals surface area contributed by atoms with Gasteiger partial charge in [-0.05, 0) is 45.8 Å². The minimum atomic E-state index is -3.90. The van der Waals surface area contributed by atoms with Crippen LogP contribution in [0.4, 0.5) is 10.1 Å². The van der Waals surface area contributed by atoms with Crippen molar-refractivity contribution in [1.82, 2.24) is 5.43 Å². The summed E-state index contributed by atoms with van der Waals surface area (Å²) in [6, 6.07) is 8.25. The Bertz CT molecular complexity index is 1010. The van der Waals surface area contributed by atoms with Crippen LogP contribution in [0, 0.1) is 5.82 Å². The number of methoxy groups -OCH3 is 1. The smallest absolute Gasteiger partial charge is 0.260 e. The maximum Gasteiger partial charge on any atom is 0.260 e. The summed E-state index contributed by atoms with van der Waals surface area (Å²) in [4.78, 5) is 12.1. The lowest BCUT2D eigenvalue weighted by Crippen LogP contribution is -2.39. The van der Waals surface area contributed by atoms with Gasteiger partial charge in [-0.1, -0.05) is 12.1 Å². The zero-order valence-corrected chi connectivity index (χ0v) is 17.3. The lowest BCUT2D eigenvalue weighted by molar-refractivity contribution is -0.119. The summed E-state index contributed by atoms with van der Waals surface area (Å²) in [5, 5.41) is 13.5. The number of hydrogen-bond donors (Lipinski definition) is 2. The van der Waals surface area contributed by atoms with Crippen molar-refractivity contribution in [3.05, 3.63) is 52.3 Å². The second-order valence-corrected chi connectivity index (χ2v) is 8.33. The molecule has 0 spiro atoms. The van der Waals surface area contributed by atoms with E-state index < -0.39 is 28.3 Å². The first kappa shape index (κ1) is 21.6. The molecule has 150 valence electrons. The Kier molecular flexibility index (Phi) is 6.97. The summed E-state index contributed by atoms with van der Waals surface area (Å²) < 4.78 is 43.9. The fourth-order valence-corrected chi connectivity index (χ4v) is 3.52.